The fraction of sp³-hybridized carbons (Fsp3) is 0.562. The Morgan fingerprint density at radius 2 is 2.05 bits per heavy atom. The van der Waals surface area contributed by atoms with Crippen LogP contribution in [0.5, 0.6) is 0 Å². The van der Waals surface area contributed by atoms with Crippen LogP contribution in [0.3, 0.4) is 0 Å². The monoisotopic (exact) mass is 263 g/mol. The third-order valence-electron chi connectivity index (χ3n) is 3.90. The highest BCUT2D eigenvalue weighted by Crippen LogP contribution is 2.27. The minimum atomic E-state index is -0.364. The number of carbonyl (C=O) groups excluding carboxylic acids is 1. The molecule has 0 heterocycles. The molecule has 0 aliphatic heterocycles. The van der Waals surface area contributed by atoms with E-state index in [1.165, 1.54) is 38.2 Å². The van der Waals surface area contributed by atoms with Crippen LogP contribution in [-0.2, 0) is 4.79 Å². The summed E-state index contributed by atoms with van der Waals surface area (Å²) in [4.78, 5) is 11.8. The molecule has 0 unspecified atom stereocenters. The van der Waals surface area contributed by atoms with Crippen LogP contribution in [0.25, 0.3) is 0 Å². The van der Waals surface area contributed by atoms with Crippen LogP contribution in [0.4, 0.5) is 10.1 Å². The molecule has 1 aromatic rings. The van der Waals surface area contributed by atoms with Gasteiger partial charge < -0.3 is 5.32 Å². The summed E-state index contributed by atoms with van der Waals surface area (Å²) in [6, 6.07) is 4.77. The summed E-state index contributed by atoms with van der Waals surface area (Å²) < 4.78 is 13.5. The van der Waals surface area contributed by atoms with Crippen molar-refractivity contribution < 1.29 is 9.18 Å². The predicted octanol–water partition coefficient (Wildman–Crippen LogP) is 4.43. The van der Waals surface area contributed by atoms with Gasteiger partial charge in [0.25, 0.3) is 0 Å². The summed E-state index contributed by atoms with van der Waals surface area (Å²) in [5.41, 5.74) is 1.25. The molecule has 0 bridgehead atoms. The maximum Gasteiger partial charge on any atom is 0.224 e. The highest BCUT2D eigenvalue weighted by molar-refractivity contribution is 5.90. The van der Waals surface area contributed by atoms with Gasteiger partial charge in [0, 0.05) is 6.42 Å². The molecule has 1 aliphatic carbocycles. The van der Waals surface area contributed by atoms with Gasteiger partial charge in [0.05, 0.1) is 5.69 Å². The molecular weight excluding hydrogens is 241 g/mol. The third-order valence-corrected chi connectivity index (χ3v) is 3.90. The fourth-order valence-electron chi connectivity index (χ4n) is 2.76. The Kier molecular flexibility index (Phi) is 4.94. The molecule has 0 saturated heterocycles. The first-order valence-corrected chi connectivity index (χ1v) is 7.21. The van der Waals surface area contributed by atoms with E-state index >= 15 is 0 Å². The number of hydrogen-bond donors (Lipinski definition) is 1. The van der Waals surface area contributed by atoms with Gasteiger partial charge in [-0.25, -0.2) is 4.39 Å². The maximum atomic E-state index is 13.5. The molecule has 2 rings (SSSR count). The lowest BCUT2D eigenvalue weighted by atomic mass is 9.86. The highest BCUT2D eigenvalue weighted by atomic mass is 19.1. The molecule has 0 aromatic heterocycles. The number of aryl methyl sites for hydroxylation is 1. The molecule has 0 radical (unpaired) electrons. The van der Waals surface area contributed by atoms with Gasteiger partial charge in [0.2, 0.25) is 5.91 Å². The summed E-state index contributed by atoms with van der Waals surface area (Å²) in [6.45, 7) is 1.89. The van der Waals surface area contributed by atoms with Crippen LogP contribution in [-0.4, -0.2) is 5.91 Å². The molecule has 1 amide bonds. The molecule has 2 nitrogen and oxygen atoms in total. The Hall–Kier alpha value is -1.38. The van der Waals surface area contributed by atoms with Gasteiger partial charge in [-0.2, -0.15) is 0 Å². The van der Waals surface area contributed by atoms with Crippen molar-refractivity contribution in [1.82, 2.24) is 0 Å². The lowest BCUT2D eigenvalue weighted by Crippen LogP contribution is -2.15. The van der Waals surface area contributed by atoms with E-state index in [9.17, 15) is 9.18 Å². The molecule has 19 heavy (non-hydrogen) atoms. The lowest BCUT2D eigenvalue weighted by Gasteiger charge is -2.21. The topological polar surface area (TPSA) is 29.1 Å². The summed E-state index contributed by atoms with van der Waals surface area (Å²) >= 11 is 0. The van der Waals surface area contributed by atoms with E-state index in [1.807, 2.05) is 6.92 Å². The van der Waals surface area contributed by atoms with Crippen LogP contribution in [0, 0.1) is 18.7 Å². The van der Waals surface area contributed by atoms with Crippen LogP contribution >= 0.6 is 0 Å². The molecule has 3 heteroatoms. The minimum Gasteiger partial charge on any atom is -0.324 e. The molecule has 1 aromatic carbocycles. The van der Waals surface area contributed by atoms with Crippen LogP contribution in [0.1, 0.15) is 50.5 Å². The van der Waals surface area contributed by atoms with Crippen molar-refractivity contribution in [2.75, 3.05) is 5.32 Å². The van der Waals surface area contributed by atoms with Crippen molar-refractivity contribution in [1.29, 1.82) is 0 Å². The number of halogens is 1. The zero-order valence-electron chi connectivity index (χ0n) is 11.5. The minimum absolute atomic E-state index is 0.0740. The van der Waals surface area contributed by atoms with Crippen LogP contribution in [0.15, 0.2) is 18.2 Å². The molecule has 0 spiro atoms. The normalized spacial score (nSPS) is 16.3. The van der Waals surface area contributed by atoms with Gasteiger partial charge in [-0.15, -0.1) is 0 Å². The average molecular weight is 263 g/mol. The average Bonchev–Trinajstić information content (AvgIpc) is 2.42. The Bertz CT molecular complexity index is 438. The number of benzene rings is 1. The maximum absolute atomic E-state index is 13.5. The van der Waals surface area contributed by atoms with Gasteiger partial charge >= 0.3 is 0 Å². The summed E-state index contributed by atoms with van der Waals surface area (Å²) in [7, 11) is 0. The molecule has 1 aliphatic rings. The van der Waals surface area contributed by atoms with Gasteiger partial charge in [-0.05, 0) is 37.0 Å². The summed E-state index contributed by atoms with van der Waals surface area (Å²) in [5, 5.41) is 2.68. The molecule has 104 valence electrons. The number of rotatable bonds is 4. The van der Waals surface area contributed by atoms with E-state index < -0.39 is 0 Å². The third kappa shape index (κ3) is 4.34. The Morgan fingerprint density at radius 3 is 2.79 bits per heavy atom. The van der Waals surface area contributed by atoms with E-state index in [-0.39, 0.29) is 11.7 Å². The predicted molar refractivity (Wildman–Crippen MR) is 75.6 cm³/mol. The van der Waals surface area contributed by atoms with E-state index in [1.54, 1.807) is 12.1 Å². The van der Waals surface area contributed by atoms with Gasteiger partial charge in [-0.3, -0.25) is 4.79 Å². The number of nitrogens with one attached hydrogen (secondary N) is 1. The van der Waals surface area contributed by atoms with E-state index in [4.69, 9.17) is 0 Å². The van der Waals surface area contributed by atoms with Crippen molar-refractivity contribution in [3.8, 4) is 0 Å². The molecule has 1 N–H and O–H groups in total. The number of hydrogen-bond acceptors (Lipinski definition) is 1. The lowest BCUT2D eigenvalue weighted by molar-refractivity contribution is -0.116. The number of carbonyl (C=O) groups is 1. The largest absolute Gasteiger partial charge is 0.324 e. The summed E-state index contributed by atoms with van der Waals surface area (Å²) in [5.74, 6) is 0.244. The first-order valence-electron chi connectivity index (χ1n) is 7.21. The van der Waals surface area contributed by atoms with Crippen molar-refractivity contribution >= 4 is 11.6 Å². The van der Waals surface area contributed by atoms with Crippen molar-refractivity contribution in [3.05, 3.63) is 29.6 Å². The summed E-state index contributed by atoms with van der Waals surface area (Å²) in [6.07, 6.45) is 7.82. The van der Waals surface area contributed by atoms with Gasteiger partial charge in [0.15, 0.2) is 0 Å². The Balaban J connectivity index is 1.81. The number of anilines is 1. The van der Waals surface area contributed by atoms with Crippen molar-refractivity contribution in [2.24, 2.45) is 5.92 Å². The zero-order chi connectivity index (χ0) is 13.7. The van der Waals surface area contributed by atoms with Crippen molar-refractivity contribution in [2.45, 2.75) is 51.9 Å². The molecular formula is C16H22FNO. The van der Waals surface area contributed by atoms with E-state index in [0.717, 1.165) is 12.0 Å². The van der Waals surface area contributed by atoms with E-state index in [2.05, 4.69) is 5.32 Å². The SMILES string of the molecule is Cc1ccc(F)c(NC(=O)CCC2CCCCC2)c1. The zero-order valence-corrected chi connectivity index (χ0v) is 11.5. The number of amides is 1. The quantitative estimate of drug-likeness (QED) is 0.855. The highest BCUT2D eigenvalue weighted by Gasteiger charge is 2.15. The second-order valence-electron chi connectivity index (χ2n) is 5.57. The Morgan fingerprint density at radius 1 is 1.32 bits per heavy atom. The van der Waals surface area contributed by atoms with E-state index in [0.29, 0.717) is 18.0 Å². The molecule has 1 saturated carbocycles. The molecule has 1 fully saturated rings. The van der Waals surface area contributed by atoms with Crippen LogP contribution < -0.4 is 5.32 Å². The second-order valence-corrected chi connectivity index (χ2v) is 5.57. The second kappa shape index (κ2) is 6.69. The Labute approximate surface area is 114 Å². The molecule has 0 atom stereocenters. The standard InChI is InChI=1S/C16H22FNO/c1-12-7-9-14(17)15(11-12)18-16(19)10-8-13-5-3-2-4-6-13/h7,9,11,13H,2-6,8,10H2,1H3,(H,18,19). The first kappa shape index (κ1) is 14.0. The fourth-order valence-corrected chi connectivity index (χ4v) is 2.76. The first-order chi connectivity index (χ1) is 9.15. The smallest absolute Gasteiger partial charge is 0.224 e. The van der Waals surface area contributed by atoms with Crippen molar-refractivity contribution in [3.63, 3.8) is 0 Å². The van der Waals surface area contributed by atoms with Gasteiger partial charge in [0.1, 0.15) is 5.82 Å². The van der Waals surface area contributed by atoms with Crippen LogP contribution in [0.2, 0.25) is 0 Å². The van der Waals surface area contributed by atoms with Gasteiger partial charge in [-0.1, -0.05) is 38.2 Å².